The monoisotopic (exact) mass is 354 g/mol. The average Bonchev–Trinajstić information content (AvgIpc) is 2.92. The summed E-state index contributed by atoms with van der Waals surface area (Å²) in [6.45, 7) is 1.93. The summed E-state index contributed by atoms with van der Waals surface area (Å²) in [7, 11) is 0. The molecule has 1 aliphatic heterocycles. The minimum atomic E-state index is -0.639. The lowest BCUT2D eigenvalue weighted by Gasteiger charge is -2.14. The van der Waals surface area contributed by atoms with E-state index < -0.39 is 11.5 Å². The van der Waals surface area contributed by atoms with Crippen LogP contribution in [0.5, 0.6) is 5.75 Å². The fourth-order valence-electron chi connectivity index (χ4n) is 3.45. The number of aromatic nitrogens is 1. The molecule has 25 heavy (non-hydrogen) atoms. The van der Waals surface area contributed by atoms with E-state index in [4.69, 9.17) is 11.6 Å². The second-order valence-electron chi connectivity index (χ2n) is 6.23. The normalized spacial score (nSPS) is 15.5. The van der Waals surface area contributed by atoms with Gasteiger partial charge in [0.15, 0.2) is 0 Å². The molecule has 3 aromatic rings. The number of aromatic hydroxyl groups is 1. The van der Waals surface area contributed by atoms with Gasteiger partial charge in [0.25, 0.3) is 11.5 Å². The van der Waals surface area contributed by atoms with Crippen LogP contribution in [-0.2, 0) is 6.42 Å². The first-order valence-corrected chi connectivity index (χ1v) is 8.31. The molecule has 0 saturated heterocycles. The summed E-state index contributed by atoms with van der Waals surface area (Å²) < 4.78 is 1.60. The molecule has 1 unspecified atom stereocenters. The Balaban J connectivity index is 1.87. The van der Waals surface area contributed by atoms with Crippen molar-refractivity contribution in [3.8, 4) is 5.75 Å². The van der Waals surface area contributed by atoms with Gasteiger partial charge in [-0.1, -0.05) is 23.7 Å². The van der Waals surface area contributed by atoms with Crippen LogP contribution >= 0.6 is 11.6 Å². The van der Waals surface area contributed by atoms with Crippen molar-refractivity contribution in [3.05, 3.63) is 69.0 Å². The van der Waals surface area contributed by atoms with Crippen molar-refractivity contribution in [3.63, 3.8) is 0 Å². The van der Waals surface area contributed by atoms with Gasteiger partial charge in [-0.25, -0.2) is 0 Å². The van der Waals surface area contributed by atoms with E-state index in [9.17, 15) is 14.7 Å². The number of nitrogens with zero attached hydrogens (tertiary/aromatic N) is 1. The molecule has 2 heterocycles. The number of halogens is 1. The van der Waals surface area contributed by atoms with E-state index in [1.165, 1.54) is 0 Å². The van der Waals surface area contributed by atoms with Crippen LogP contribution in [0.4, 0.5) is 5.69 Å². The Morgan fingerprint density at radius 3 is 2.68 bits per heavy atom. The second-order valence-corrected chi connectivity index (χ2v) is 6.66. The SMILES string of the molecule is CC1Cc2cccc3c(O)c(C(=O)Nc4ccc(Cl)cc4)c(=O)n1c23. The fraction of sp³-hybridized carbons (Fsp3) is 0.158. The number of para-hydroxylation sites is 1. The van der Waals surface area contributed by atoms with E-state index in [0.717, 1.165) is 5.56 Å². The van der Waals surface area contributed by atoms with Crippen molar-refractivity contribution in [2.45, 2.75) is 19.4 Å². The molecule has 0 saturated carbocycles. The Morgan fingerprint density at radius 2 is 1.96 bits per heavy atom. The topological polar surface area (TPSA) is 71.3 Å². The highest BCUT2D eigenvalue weighted by Crippen LogP contribution is 2.36. The summed E-state index contributed by atoms with van der Waals surface area (Å²) in [5, 5.41) is 14.3. The van der Waals surface area contributed by atoms with Crippen LogP contribution in [0.1, 0.15) is 28.9 Å². The molecule has 2 aromatic carbocycles. The number of nitrogens with one attached hydrogen (secondary N) is 1. The Labute approximate surface area is 148 Å². The van der Waals surface area contributed by atoms with Gasteiger partial charge in [-0.2, -0.15) is 0 Å². The van der Waals surface area contributed by atoms with Crippen molar-refractivity contribution in [2.75, 3.05) is 5.32 Å². The van der Waals surface area contributed by atoms with Gasteiger partial charge in [-0.3, -0.25) is 9.59 Å². The van der Waals surface area contributed by atoms with Crippen LogP contribution < -0.4 is 10.9 Å². The summed E-state index contributed by atoms with van der Waals surface area (Å²) >= 11 is 5.84. The summed E-state index contributed by atoms with van der Waals surface area (Å²) in [5.74, 6) is -0.918. The van der Waals surface area contributed by atoms with Crippen LogP contribution in [0.15, 0.2) is 47.3 Å². The first-order valence-electron chi connectivity index (χ1n) is 7.93. The highest BCUT2D eigenvalue weighted by molar-refractivity contribution is 6.30. The van der Waals surface area contributed by atoms with Crippen LogP contribution in [0.25, 0.3) is 10.9 Å². The molecule has 6 heteroatoms. The quantitative estimate of drug-likeness (QED) is 0.736. The lowest BCUT2D eigenvalue weighted by atomic mass is 10.1. The minimum absolute atomic E-state index is 0.0601. The molecule has 4 rings (SSSR count). The standard InChI is InChI=1S/C19H15ClN2O3/c1-10-9-11-3-2-4-14-16(11)22(10)19(25)15(17(14)23)18(24)21-13-7-5-12(20)6-8-13/h2-8,10,23H,9H2,1H3,(H,21,24). The van der Waals surface area contributed by atoms with Crippen molar-refractivity contribution in [1.29, 1.82) is 0 Å². The molecular weight excluding hydrogens is 340 g/mol. The maximum Gasteiger partial charge on any atom is 0.268 e. The van der Waals surface area contributed by atoms with Gasteiger partial charge in [0.1, 0.15) is 11.3 Å². The molecule has 1 aliphatic rings. The average molecular weight is 355 g/mol. The molecule has 2 N–H and O–H groups in total. The van der Waals surface area contributed by atoms with E-state index >= 15 is 0 Å². The van der Waals surface area contributed by atoms with Crippen molar-refractivity contribution in [1.82, 2.24) is 4.57 Å². The molecule has 0 spiro atoms. The molecular formula is C19H15ClN2O3. The molecule has 5 nitrogen and oxygen atoms in total. The van der Waals surface area contributed by atoms with Gasteiger partial charge in [-0.15, -0.1) is 0 Å². The first-order chi connectivity index (χ1) is 12.0. The van der Waals surface area contributed by atoms with Crippen molar-refractivity contribution < 1.29 is 9.90 Å². The van der Waals surface area contributed by atoms with Gasteiger partial charge < -0.3 is 15.0 Å². The van der Waals surface area contributed by atoms with Gasteiger partial charge in [-0.05, 0) is 49.2 Å². The number of rotatable bonds is 2. The zero-order valence-electron chi connectivity index (χ0n) is 13.4. The smallest absolute Gasteiger partial charge is 0.268 e. The zero-order valence-corrected chi connectivity index (χ0v) is 14.2. The maximum atomic E-state index is 12.9. The molecule has 0 bridgehead atoms. The lowest BCUT2D eigenvalue weighted by Crippen LogP contribution is -2.30. The third-order valence-electron chi connectivity index (χ3n) is 4.57. The maximum absolute atomic E-state index is 12.9. The Kier molecular flexibility index (Phi) is 3.54. The predicted octanol–water partition coefficient (Wildman–Crippen LogP) is 3.73. The van der Waals surface area contributed by atoms with Crippen LogP contribution in [-0.4, -0.2) is 15.6 Å². The molecule has 0 radical (unpaired) electrons. The second kappa shape index (κ2) is 5.63. The number of carbonyl (C=O) groups excluding carboxylic acids is 1. The molecule has 0 fully saturated rings. The number of pyridine rings is 1. The zero-order chi connectivity index (χ0) is 17.7. The molecule has 126 valence electrons. The van der Waals surface area contributed by atoms with Crippen LogP contribution in [0, 0.1) is 0 Å². The van der Waals surface area contributed by atoms with Crippen LogP contribution in [0.3, 0.4) is 0 Å². The third kappa shape index (κ3) is 2.39. The van der Waals surface area contributed by atoms with Gasteiger partial charge in [0.05, 0.1) is 5.52 Å². The Bertz CT molecular complexity index is 1070. The number of hydrogen-bond donors (Lipinski definition) is 2. The van der Waals surface area contributed by atoms with Gasteiger partial charge in [0.2, 0.25) is 0 Å². The first kappa shape index (κ1) is 15.7. The van der Waals surface area contributed by atoms with Gasteiger partial charge >= 0.3 is 0 Å². The van der Waals surface area contributed by atoms with E-state index in [1.807, 2.05) is 19.1 Å². The minimum Gasteiger partial charge on any atom is -0.506 e. The Morgan fingerprint density at radius 1 is 1.24 bits per heavy atom. The molecule has 1 atom stereocenters. The summed E-state index contributed by atoms with van der Waals surface area (Å²) in [5.41, 5.74) is 1.49. The molecule has 0 aliphatic carbocycles. The summed E-state index contributed by atoms with van der Waals surface area (Å²) in [4.78, 5) is 25.5. The van der Waals surface area contributed by atoms with E-state index in [1.54, 1.807) is 34.9 Å². The van der Waals surface area contributed by atoms with E-state index in [-0.39, 0.29) is 17.4 Å². The number of benzene rings is 2. The number of hydrogen-bond acceptors (Lipinski definition) is 3. The number of amides is 1. The number of anilines is 1. The highest BCUT2D eigenvalue weighted by atomic mass is 35.5. The van der Waals surface area contributed by atoms with Crippen LogP contribution in [0.2, 0.25) is 5.02 Å². The summed E-state index contributed by atoms with van der Waals surface area (Å²) in [6, 6.07) is 12.0. The summed E-state index contributed by atoms with van der Waals surface area (Å²) in [6.07, 6.45) is 0.703. The van der Waals surface area contributed by atoms with E-state index in [0.29, 0.717) is 28.0 Å². The third-order valence-corrected chi connectivity index (χ3v) is 4.82. The largest absolute Gasteiger partial charge is 0.506 e. The molecule has 1 aromatic heterocycles. The highest BCUT2D eigenvalue weighted by Gasteiger charge is 2.29. The molecule has 1 amide bonds. The number of carbonyl (C=O) groups is 1. The van der Waals surface area contributed by atoms with Crippen molar-refractivity contribution >= 4 is 34.1 Å². The van der Waals surface area contributed by atoms with Crippen molar-refractivity contribution in [2.24, 2.45) is 0 Å². The fourth-order valence-corrected chi connectivity index (χ4v) is 3.58. The van der Waals surface area contributed by atoms with E-state index in [2.05, 4.69) is 5.32 Å². The Hall–Kier alpha value is -2.79. The predicted molar refractivity (Wildman–Crippen MR) is 97.7 cm³/mol. The van der Waals surface area contributed by atoms with Gasteiger partial charge in [0, 0.05) is 22.1 Å². The lowest BCUT2D eigenvalue weighted by molar-refractivity contribution is 0.102.